The van der Waals surface area contributed by atoms with Gasteiger partial charge in [0.25, 0.3) is 0 Å². The van der Waals surface area contributed by atoms with E-state index in [0.717, 1.165) is 13.0 Å². The molecule has 98 valence electrons. The number of carbonyl (C=O) groups is 2. The molecule has 1 aliphatic rings. The molecule has 0 aromatic carbocycles. The van der Waals surface area contributed by atoms with Crippen molar-refractivity contribution >= 4 is 11.9 Å². The molecular formula is C12H16N2O4. The highest BCUT2D eigenvalue weighted by Gasteiger charge is 2.36. The summed E-state index contributed by atoms with van der Waals surface area (Å²) in [6, 6.07) is 2.93. The van der Waals surface area contributed by atoms with E-state index in [2.05, 4.69) is 10.6 Å². The summed E-state index contributed by atoms with van der Waals surface area (Å²) in [5.41, 5.74) is -0.387. The van der Waals surface area contributed by atoms with Crippen molar-refractivity contribution in [2.45, 2.75) is 19.9 Å². The molecule has 6 heteroatoms. The molecule has 1 amide bonds. The van der Waals surface area contributed by atoms with Crippen LogP contribution in [0.3, 0.4) is 0 Å². The van der Waals surface area contributed by atoms with Crippen LogP contribution in [0, 0.1) is 5.41 Å². The van der Waals surface area contributed by atoms with E-state index < -0.39 is 5.97 Å². The highest BCUT2D eigenvalue weighted by molar-refractivity contribution is 5.84. The number of rotatable bonds is 4. The summed E-state index contributed by atoms with van der Waals surface area (Å²) in [5.74, 6) is -0.830. The molecule has 0 bridgehead atoms. The maximum Gasteiger partial charge on any atom is 0.371 e. The highest BCUT2D eigenvalue weighted by atomic mass is 16.4. The van der Waals surface area contributed by atoms with E-state index in [1.165, 1.54) is 6.07 Å². The Kier molecular flexibility index (Phi) is 3.38. The molecule has 0 saturated carbocycles. The maximum absolute atomic E-state index is 12.0. The van der Waals surface area contributed by atoms with Gasteiger partial charge < -0.3 is 20.2 Å². The largest absolute Gasteiger partial charge is 0.475 e. The van der Waals surface area contributed by atoms with E-state index in [9.17, 15) is 9.59 Å². The molecule has 3 N–H and O–H groups in total. The van der Waals surface area contributed by atoms with E-state index in [0.29, 0.717) is 12.3 Å². The van der Waals surface area contributed by atoms with Gasteiger partial charge in [-0.05, 0) is 32.0 Å². The van der Waals surface area contributed by atoms with Gasteiger partial charge in [0, 0.05) is 6.54 Å². The van der Waals surface area contributed by atoms with Gasteiger partial charge in [-0.1, -0.05) is 0 Å². The van der Waals surface area contributed by atoms with Gasteiger partial charge in [0.05, 0.1) is 12.0 Å². The summed E-state index contributed by atoms with van der Waals surface area (Å²) < 4.78 is 5.06. The fourth-order valence-electron chi connectivity index (χ4n) is 1.98. The topological polar surface area (TPSA) is 91.6 Å². The number of carboxylic acid groups (broad SMARTS) is 1. The van der Waals surface area contributed by atoms with Gasteiger partial charge in [-0.3, -0.25) is 4.79 Å². The molecule has 1 fully saturated rings. The van der Waals surface area contributed by atoms with Crippen LogP contribution in [0.4, 0.5) is 0 Å². The molecule has 18 heavy (non-hydrogen) atoms. The first kappa shape index (κ1) is 12.6. The van der Waals surface area contributed by atoms with Crippen LogP contribution in [0.15, 0.2) is 16.5 Å². The SMILES string of the molecule is CC1(C(=O)NCc2ccc(C(=O)O)o2)CCNC1. The van der Waals surface area contributed by atoms with Crippen LogP contribution in [-0.4, -0.2) is 30.1 Å². The Balaban J connectivity index is 1.90. The second-order valence-electron chi connectivity index (χ2n) is 4.74. The number of amides is 1. The third-order valence-electron chi connectivity index (χ3n) is 3.21. The molecule has 1 atom stereocenters. The second-order valence-corrected chi connectivity index (χ2v) is 4.74. The summed E-state index contributed by atoms with van der Waals surface area (Å²) >= 11 is 0. The van der Waals surface area contributed by atoms with Gasteiger partial charge >= 0.3 is 5.97 Å². The standard InChI is InChI=1S/C12H16N2O4/c1-12(4-5-13-7-12)11(17)14-6-8-2-3-9(18-8)10(15)16/h2-3,13H,4-7H2,1H3,(H,14,17)(H,15,16). The molecule has 0 radical (unpaired) electrons. The van der Waals surface area contributed by atoms with Crippen molar-refractivity contribution in [3.63, 3.8) is 0 Å². The third kappa shape index (κ3) is 2.53. The molecule has 2 heterocycles. The van der Waals surface area contributed by atoms with Gasteiger partial charge in [-0.2, -0.15) is 0 Å². The van der Waals surface area contributed by atoms with E-state index >= 15 is 0 Å². The predicted octanol–water partition coefficient (Wildman–Crippen LogP) is 0.594. The van der Waals surface area contributed by atoms with Gasteiger partial charge in [0.15, 0.2) is 0 Å². The van der Waals surface area contributed by atoms with Crippen molar-refractivity contribution in [2.24, 2.45) is 5.41 Å². The minimum Gasteiger partial charge on any atom is -0.475 e. The monoisotopic (exact) mass is 252 g/mol. The summed E-state index contributed by atoms with van der Waals surface area (Å²) in [5, 5.41) is 14.6. The van der Waals surface area contributed by atoms with E-state index in [1.807, 2.05) is 6.92 Å². The number of carbonyl (C=O) groups excluding carboxylic acids is 1. The quantitative estimate of drug-likeness (QED) is 0.729. The summed E-state index contributed by atoms with van der Waals surface area (Å²) in [7, 11) is 0. The summed E-state index contributed by atoms with van der Waals surface area (Å²) in [6.07, 6.45) is 0.803. The fraction of sp³-hybridized carbons (Fsp3) is 0.500. The van der Waals surface area contributed by atoms with Crippen molar-refractivity contribution < 1.29 is 19.1 Å². The third-order valence-corrected chi connectivity index (χ3v) is 3.21. The van der Waals surface area contributed by atoms with Crippen LogP contribution < -0.4 is 10.6 Å². The maximum atomic E-state index is 12.0. The Morgan fingerprint density at radius 2 is 2.33 bits per heavy atom. The lowest BCUT2D eigenvalue weighted by Gasteiger charge is -2.20. The number of furan rings is 1. The molecular weight excluding hydrogens is 236 g/mol. The fourth-order valence-corrected chi connectivity index (χ4v) is 1.98. The second kappa shape index (κ2) is 4.81. The van der Waals surface area contributed by atoms with E-state index in [4.69, 9.17) is 9.52 Å². The molecule has 6 nitrogen and oxygen atoms in total. The molecule has 1 aromatic heterocycles. The highest BCUT2D eigenvalue weighted by Crippen LogP contribution is 2.24. The van der Waals surface area contributed by atoms with Crippen LogP contribution in [0.25, 0.3) is 0 Å². The summed E-state index contributed by atoms with van der Waals surface area (Å²) in [6.45, 7) is 3.63. The molecule has 2 rings (SSSR count). The number of carboxylic acids is 1. The van der Waals surface area contributed by atoms with Crippen molar-refractivity contribution in [1.82, 2.24) is 10.6 Å². The molecule has 0 aliphatic carbocycles. The van der Waals surface area contributed by atoms with E-state index in [1.54, 1.807) is 6.07 Å². The molecule has 1 aliphatic heterocycles. The van der Waals surface area contributed by atoms with Crippen LogP contribution in [-0.2, 0) is 11.3 Å². The minimum absolute atomic E-state index is 0.0409. The Morgan fingerprint density at radius 3 is 2.89 bits per heavy atom. The Bertz CT molecular complexity index is 460. The zero-order valence-electron chi connectivity index (χ0n) is 10.2. The first-order chi connectivity index (χ1) is 8.51. The molecule has 0 spiro atoms. The number of nitrogens with one attached hydrogen (secondary N) is 2. The first-order valence-electron chi connectivity index (χ1n) is 5.82. The van der Waals surface area contributed by atoms with Crippen molar-refractivity contribution in [3.05, 3.63) is 23.7 Å². The lowest BCUT2D eigenvalue weighted by Crippen LogP contribution is -2.39. The summed E-state index contributed by atoms with van der Waals surface area (Å²) in [4.78, 5) is 22.6. The molecule has 1 aromatic rings. The lowest BCUT2D eigenvalue weighted by molar-refractivity contribution is -0.129. The number of aromatic carboxylic acids is 1. The van der Waals surface area contributed by atoms with Crippen molar-refractivity contribution in [3.8, 4) is 0 Å². The van der Waals surface area contributed by atoms with Gasteiger partial charge in [-0.25, -0.2) is 4.79 Å². The smallest absolute Gasteiger partial charge is 0.371 e. The Labute approximate surface area is 104 Å². The van der Waals surface area contributed by atoms with E-state index in [-0.39, 0.29) is 23.6 Å². The minimum atomic E-state index is -1.11. The van der Waals surface area contributed by atoms with Crippen LogP contribution in [0.2, 0.25) is 0 Å². The first-order valence-corrected chi connectivity index (χ1v) is 5.82. The average Bonchev–Trinajstić information content (AvgIpc) is 2.95. The van der Waals surface area contributed by atoms with Crippen molar-refractivity contribution in [2.75, 3.05) is 13.1 Å². The van der Waals surface area contributed by atoms with Gasteiger partial charge in [-0.15, -0.1) is 0 Å². The van der Waals surface area contributed by atoms with Crippen LogP contribution in [0.5, 0.6) is 0 Å². The predicted molar refractivity (Wildman–Crippen MR) is 63.1 cm³/mol. The van der Waals surface area contributed by atoms with Crippen LogP contribution >= 0.6 is 0 Å². The van der Waals surface area contributed by atoms with Crippen molar-refractivity contribution in [1.29, 1.82) is 0 Å². The van der Waals surface area contributed by atoms with Gasteiger partial charge in [0.1, 0.15) is 5.76 Å². The Hall–Kier alpha value is -1.82. The molecule has 1 unspecified atom stereocenters. The zero-order chi connectivity index (χ0) is 13.2. The number of hydrogen-bond acceptors (Lipinski definition) is 4. The zero-order valence-corrected chi connectivity index (χ0v) is 10.2. The lowest BCUT2D eigenvalue weighted by atomic mass is 9.89. The van der Waals surface area contributed by atoms with Gasteiger partial charge in [0.2, 0.25) is 11.7 Å². The normalized spacial score (nSPS) is 22.9. The Morgan fingerprint density at radius 1 is 1.56 bits per heavy atom. The number of hydrogen-bond donors (Lipinski definition) is 3. The average molecular weight is 252 g/mol. The van der Waals surface area contributed by atoms with Crippen LogP contribution in [0.1, 0.15) is 29.7 Å². The molecule has 1 saturated heterocycles.